The zero-order chi connectivity index (χ0) is 31.3. The first-order valence-electron chi connectivity index (χ1n) is 13.8. The van der Waals surface area contributed by atoms with Crippen LogP contribution in [-0.2, 0) is 11.2 Å². The van der Waals surface area contributed by atoms with Gasteiger partial charge in [0.25, 0.3) is 0 Å². The van der Waals surface area contributed by atoms with Crippen molar-refractivity contribution in [2.45, 2.75) is 39.5 Å². The predicted octanol–water partition coefficient (Wildman–Crippen LogP) is 6.62. The number of nitrogens with one attached hydrogen (secondary N) is 1. The lowest BCUT2D eigenvalue weighted by Gasteiger charge is -2.20. The molecule has 1 fully saturated rings. The Balaban J connectivity index is 1.08. The molecular formula is C31H29F3N6O3S. The second-order valence-corrected chi connectivity index (χ2v) is 11.0. The topological polar surface area (TPSA) is 102 Å². The third kappa shape index (κ3) is 7.64. The maximum absolute atomic E-state index is 12.6. The molecule has 0 unspecified atom stereocenters. The number of amidine groups is 1. The van der Waals surface area contributed by atoms with E-state index in [1.165, 1.54) is 51.9 Å². The van der Waals surface area contributed by atoms with Crippen molar-refractivity contribution in [1.82, 2.24) is 20.1 Å². The number of unbranched alkanes of at least 4 members (excludes halogenated alkanes) is 1. The zero-order valence-corrected chi connectivity index (χ0v) is 24.8. The molecular weight excluding hydrogens is 593 g/mol. The van der Waals surface area contributed by atoms with Gasteiger partial charge in [0.15, 0.2) is 11.0 Å². The number of hydrogen-bond donors (Lipinski definition) is 1. The molecule has 0 spiro atoms. The molecule has 2 heterocycles. The van der Waals surface area contributed by atoms with Gasteiger partial charge in [0.1, 0.15) is 12.1 Å². The van der Waals surface area contributed by atoms with Crippen LogP contribution in [0.4, 0.5) is 23.7 Å². The predicted molar refractivity (Wildman–Crippen MR) is 163 cm³/mol. The van der Waals surface area contributed by atoms with E-state index >= 15 is 0 Å². The molecule has 0 saturated carbocycles. The first-order valence-corrected chi connectivity index (χ1v) is 14.8. The van der Waals surface area contributed by atoms with Crippen molar-refractivity contribution in [3.63, 3.8) is 0 Å². The number of benzene rings is 3. The van der Waals surface area contributed by atoms with Gasteiger partial charge in [-0.25, -0.2) is 14.5 Å². The number of carbonyl (C=O) groups excluding carboxylic acids is 2. The molecule has 1 aliphatic rings. The Labute approximate surface area is 256 Å². The van der Waals surface area contributed by atoms with E-state index in [0.29, 0.717) is 23.2 Å². The Bertz CT molecular complexity index is 1650. The van der Waals surface area contributed by atoms with Crippen molar-refractivity contribution >= 4 is 34.6 Å². The minimum Gasteiger partial charge on any atom is -0.406 e. The summed E-state index contributed by atoms with van der Waals surface area (Å²) < 4.78 is 42.5. The number of para-hydroxylation sites is 1. The fourth-order valence-electron chi connectivity index (χ4n) is 4.74. The summed E-state index contributed by atoms with van der Waals surface area (Å²) in [5, 5.41) is 7.63. The Morgan fingerprint density at radius 3 is 2.41 bits per heavy atom. The SMILES string of the molecule is Cc1cccc(C)c1N1C(=O)CSC1=NC(=O)NCCCCc1ccc(-c2ncn(-c3ccc(OC(F)(F)F)cc3)n2)cc1. The fraction of sp³-hybridized carbons (Fsp3) is 0.258. The largest absolute Gasteiger partial charge is 0.573 e. The molecule has 3 aromatic carbocycles. The number of thioether (sulfide) groups is 1. The van der Waals surface area contributed by atoms with Gasteiger partial charge in [0.2, 0.25) is 5.91 Å². The van der Waals surface area contributed by atoms with Gasteiger partial charge in [-0.2, -0.15) is 4.99 Å². The molecule has 0 bridgehead atoms. The van der Waals surface area contributed by atoms with E-state index in [1.807, 2.05) is 56.3 Å². The van der Waals surface area contributed by atoms with Gasteiger partial charge in [-0.15, -0.1) is 18.3 Å². The highest BCUT2D eigenvalue weighted by Crippen LogP contribution is 2.32. The number of halogens is 3. The van der Waals surface area contributed by atoms with Crippen molar-refractivity contribution in [3.05, 3.63) is 89.7 Å². The van der Waals surface area contributed by atoms with Gasteiger partial charge < -0.3 is 10.1 Å². The van der Waals surface area contributed by atoms with Crippen molar-refractivity contribution in [3.8, 4) is 22.8 Å². The lowest BCUT2D eigenvalue weighted by Crippen LogP contribution is -2.32. The molecule has 0 atom stereocenters. The van der Waals surface area contributed by atoms with Crippen LogP contribution < -0.4 is 15.0 Å². The van der Waals surface area contributed by atoms with E-state index < -0.39 is 12.4 Å². The van der Waals surface area contributed by atoms with E-state index in [-0.39, 0.29) is 17.4 Å². The van der Waals surface area contributed by atoms with Crippen LogP contribution in [0.2, 0.25) is 0 Å². The van der Waals surface area contributed by atoms with Crippen molar-refractivity contribution in [2.75, 3.05) is 17.2 Å². The van der Waals surface area contributed by atoms with Crippen molar-refractivity contribution < 1.29 is 27.5 Å². The van der Waals surface area contributed by atoms with Gasteiger partial charge >= 0.3 is 12.4 Å². The Morgan fingerprint density at radius 1 is 1.02 bits per heavy atom. The van der Waals surface area contributed by atoms with Gasteiger partial charge in [-0.1, -0.05) is 54.2 Å². The van der Waals surface area contributed by atoms with Crippen LogP contribution in [0.1, 0.15) is 29.5 Å². The molecule has 1 saturated heterocycles. The molecule has 3 amide bonds. The van der Waals surface area contributed by atoms with Crippen LogP contribution >= 0.6 is 11.8 Å². The number of alkyl halides is 3. The number of aromatic nitrogens is 3. The molecule has 1 aliphatic heterocycles. The third-order valence-corrected chi connectivity index (χ3v) is 7.76. The van der Waals surface area contributed by atoms with Crippen LogP contribution in [0.5, 0.6) is 5.75 Å². The normalized spacial score (nSPS) is 14.3. The van der Waals surface area contributed by atoms with Crippen molar-refractivity contribution in [2.24, 2.45) is 4.99 Å². The number of aliphatic imine (C=N–C) groups is 1. The standard InChI is InChI=1S/C31H29F3N6O3S/c1-20-6-5-7-21(2)27(20)40-26(41)18-44-30(40)37-29(42)35-17-4-3-8-22-9-11-23(12-10-22)28-36-19-39(38-28)24-13-15-25(16-14-24)43-31(32,33)34/h5-7,9-16,19H,3-4,8,17-18H2,1-2H3,(H,35,42). The zero-order valence-electron chi connectivity index (χ0n) is 24.0. The van der Waals surface area contributed by atoms with Gasteiger partial charge in [-0.05, 0) is 74.1 Å². The smallest absolute Gasteiger partial charge is 0.406 e. The number of nitrogens with zero attached hydrogens (tertiary/aromatic N) is 5. The van der Waals surface area contributed by atoms with Crippen LogP contribution in [0.3, 0.4) is 0 Å². The lowest BCUT2D eigenvalue weighted by molar-refractivity contribution is -0.274. The number of hydrogen-bond acceptors (Lipinski definition) is 6. The number of amides is 3. The number of ether oxygens (including phenoxy) is 1. The van der Waals surface area contributed by atoms with Crippen LogP contribution in [-0.4, -0.2) is 50.5 Å². The first kappa shape index (κ1) is 30.8. The molecule has 4 aromatic rings. The average Bonchev–Trinajstić information content (AvgIpc) is 3.60. The summed E-state index contributed by atoms with van der Waals surface area (Å²) in [6.07, 6.45) is -0.847. The maximum Gasteiger partial charge on any atom is 0.573 e. The van der Waals surface area contributed by atoms with Crippen molar-refractivity contribution in [1.29, 1.82) is 0 Å². The minimum atomic E-state index is -4.75. The molecule has 9 nitrogen and oxygen atoms in total. The molecule has 5 rings (SSSR count). The monoisotopic (exact) mass is 622 g/mol. The van der Waals surface area contributed by atoms with E-state index in [2.05, 4.69) is 25.1 Å². The third-order valence-electron chi connectivity index (χ3n) is 6.83. The summed E-state index contributed by atoms with van der Waals surface area (Å²) in [6.45, 7) is 4.32. The molecule has 1 N–H and O–H groups in total. The number of carbonyl (C=O) groups is 2. The van der Waals surface area contributed by atoms with Gasteiger partial charge in [-0.3, -0.25) is 9.69 Å². The summed E-state index contributed by atoms with van der Waals surface area (Å²) >= 11 is 1.26. The van der Waals surface area contributed by atoms with Crippen LogP contribution in [0.15, 0.2) is 78.0 Å². The Kier molecular flexibility index (Phi) is 9.33. The molecule has 13 heteroatoms. The maximum atomic E-state index is 12.6. The highest BCUT2D eigenvalue weighted by atomic mass is 32.2. The second kappa shape index (κ2) is 13.3. The molecule has 0 aliphatic carbocycles. The Hall–Kier alpha value is -4.65. The van der Waals surface area contributed by atoms with Crippen LogP contribution in [0, 0.1) is 13.8 Å². The summed E-state index contributed by atoms with van der Waals surface area (Å²) in [7, 11) is 0. The minimum absolute atomic E-state index is 0.0951. The quantitative estimate of drug-likeness (QED) is 0.211. The van der Waals surface area contributed by atoms with E-state index in [1.54, 1.807) is 0 Å². The lowest BCUT2D eigenvalue weighted by atomic mass is 10.1. The summed E-state index contributed by atoms with van der Waals surface area (Å²) in [5.41, 5.74) is 5.12. The first-order chi connectivity index (χ1) is 21.1. The number of aryl methyl sites for hydroxylation is 3. The molecule has 1 aromatic heterocycles. The van der Waals surface area contributed by atoms with Gasteiger partial charge in [0, 0.05) is 12.1 Å². The van der Waals surface area contributed by atoms with E-state index in [4.69, 9.17) is 0 Å². The van der Waals surface area contributed by atoms with E-state index in [9.17, 15) is 22.8 Å². The van der Waals surface area contributed by atoms with Gasteiger partial charge in [0.05, 0.1) is 17.1 Å². The summed E-state index contributed by atoms with van der Waals surface area (Å²) in [5.74, 6) is 0.320. The van der Waals surface area contributed by atoms with Crippen LogP contribution in [0.25, 0.3) is 17.1 Å². The highest BCUT2D eigenvalue weighted by Gasteiger charge is 2.32. The number of urea groups is 1. The molecule has 44 heavy (non-hydrogen) atoms. The second-order valence-electron chi connectivity index (χ2n) is 10.1. The highest BCUT2D eigenvalue weighted by molar-refractivity contribution is 8.15. The summed E-state index contributed by atoms with van der Waals surface area (Å²) in [4.78, 5) is 35.1. The molecule has 0 radical (unpaired) electrons. The molecule has 228 valence electrons. The Morgan fingerprint density at radius 2 is 1.73 bits per heavy atom. The van der Waals surface area contributed by atoms with E-state index in [0.717, 1.165) is 47.2 Å². The summed E-state index contributed by atoms with van der Waals surface area (Å²) in [6, 6.07) is 18.5. The fourth-order valence-corrected chi connectivity index (χ4v) is 5.59. The number of rotatable bonds is 9. The average molecular weight is 623 g/mol. The number of anilines is 1.